The van der Waals surface area contributed by atoms with Crippen molar-refractivity contribution in [3.8, 4) is 0 Å². The summed E-state index contributed by atoms with van der Waals surface area (Å²) in [6, 6.07) is 6.30. The molecule has 0 saturated carbocycles. The van der Waals surface area contributed by atoms with Gasteiger partial charge in [0.15, 0.2) is 0 Å². The first kappa shape index (κ1) is 7.92. The number of aldehydes is 1. The predicted octanol–water partition coefficient (Wildman–Crippen LogP) is 2.13. The van der Waals surface area contributed by atoms with E-state index in [1.165, 1.54) is 6.07 Å². The van der Waals surface area contributed by atoms with E-state index in [4.69, 9.17) is 0 Å². The number of carbonyl (C=O) groups is 1. The summed E-state index contributed by atoms with van der Waals surface area (Å²) in [5, 5.41) is 0. The Morgan fingerprint density at radius 1 is 1.45 bits per heavy atom. The summed E-state index contributed by atoms with van der Waals surface area (Å²) in [7, 11) is 0. The van der Waals surface area contributed by atoms with Crippen molar-refractivity contribution in [3.05, 3.63) is 35.6 Å². The third-order valence-corrected chi connectivity index (χ3v) is 1.60. The van der Waals surface area contributed by atoms with Crippen LogP contribution < -0.4 is 0 Å². The van der Waals surface area contributed by atoms with Gasteiger partial charge in [-0.15, -0.1) is 0 Å². The van der Waals surface area contributed by atoms with Gasteiger partial charge in [-0.25, -0.2) is 4.39 Å². The van der Waals surface area contributed by atoms with Crippen LogP contribution >= 0.6 is 0 Å². The largest absolute Gasteiger partial charge is 0.303 e. The van der Waals surface area contributed by atoms with Crippen molar-refractivity contribution >= 4 is 6.29 Å². The van der Waals surface area contributed by atoms with Gasteiger partial charge in [0, 0.05) is 5.92 Å². The fourth-order valence-electron chi connectivity index (χ4n) is 0.918. The molecule has 0 radical (unpaired) electrons. The summed E-state index contributed by atoms with van der Waals surface area (Å²) in [6.07, 6.45) is 0.735. The highest BCUT2D eigenvalue weighted by Gasteiger charge is 2.07. The van der Waals surface area contributed by atoms with Crippen LogP contribution in [0.15, 0.2) is 24.3 Å². The Morgan fingerprint density at radius 3 is 2.64 bits per heavy atom. The summed E-state index contributed by atoms with van der Waals surface area (Å²) in [5.41, 5.74) is 0.461. The Kier molecular flexibility index (Phi) is 2.36. The minimum atomic E-state index is -0.351. The minimum absolute atomic E-state index is 0.313. The highest BCUT2D eigenvalue weighted by Crippen LogP contribution is 2.15. The molecule has 0 saturated heterocycles. The van der Waals surface area contributed by atoms with Gasteiger partial charge in [0.25, 0.3) is 0 Å². The van der Waals surface area contributed by atoms with Gasteiger partial charge in [0.1, 0.15) is 12.1 Å². The molecule has 0 heterocycles. The molecule has 0 aliphatic heterocycles. The molecule has 1 nitrogen and oxygen atoms in total. The van der Waals surface area contributed by atoms with Crippen LogP contribution in [0.25, 0.3) is 0 Å². The lowest BCUT2D eigenvalue weighted by molar-refractivity contribution is -0.108. The van der Waals surface area contributed by atoms with Gasteiger partial charge in [0.2, 0.25) is 0 Å². The van der Waals surface area contributed by atoms with Crippen LogP contribution in [0.4, 0.5) is 4.39 Å². The molecule has 0 amide bonds. The molecule has 0 aliphatic carbocycles. The molecular weight excluding hydrogens is 143 g/mol. The normalized spacial score (nSPS) is 12.5. The second-order valence-electron chi connectivity index (χ2n) is 2.45. The monoisotopic (exact) mass is 152 g/mol. The van der Waals surface area contributed by atoms with Gasteiger partial charge in [0.05, 0.1) is 0 Å². The second-order valence-corrected chi connectivity index (χ2v) is 2.45. The number of halogens is 1. The highest BCUT2D eigenvalue weighted by molar-refractivity contribution is 5.61. The van der Waals surface area contributed by atoms with E-state index in [1.54, 1.807) is 25.1 Å². The molecule has 1 aromatic carbocycles. The first-order valence-corrected chi connectivity index (χ1v) is 3.45. The Hall–Kier alpha value is -1.18. The third-order valence-electron chi connectivity index (χ3n) is 1.60. The average Bonchev–Trinajstić information content (AvgIpc) is 2.04. The van der Waals surface area contributed by atoms with E-state index in [0.29, 0.717) is 5.56 Å². The Bertz CT molecular complexity index is 257. The summed E-state index contributed by atoms with van der Waals surface area (Å²) in [5.74, 6) is -0.664. The van der Waals surface area contributed by atoms with E-state index >= 15 is 0 Å². The molecule has 11 heavy (non-hydrogen) atoms. The van der Waals surface area contributed by atoms with E-state index in [-0.39, 0.29) is 11.7 Å². The van der Waals surface area contributed by atoms with Crippen molar-refractivity contribution in [1.29, 1.82) is 0 Å². The zero-order chi connectivity index (χ0) is 8.27. The van der Waals surface area contributed by atoms with Gasteiger partial charge >= 0.3 is 0 Å². The molecule has 2 heteroatoms. The number of carbonyl (C=O) groups excluding carboxylic acids is 1. The molecule has 0 fully saturated rings. The van der Waals surface area contributed by atoms with Crippen LogP contribution in [0.3, 0.4) is 0 Å². The fourth-order valence-corrected chi connectivity index (χ4v) is 0.918. The van der Waals surface area contributed by atoms with Crippen LogP contribution in [0.5, 0.6) is 0 Å². The maximum absolute atomic E-state index is 12.9. The SMILES string of the molecule is C[C@H](C=O)c1ccccc1F. The third kappa shape index (κ3) is 1.64. The van der Waals surface area contributed by atoms with Gasteiger partial charge in [-0.1, -0.05) is 25.1 Å². The van der Waals surface area contributed by atoms with Gasteiger partial charge in [-0.2, -0.15) is 0 Å². The number of hydrogen-bond donors (Lipinski definition) is 0. The second kappa shape index (κ2) is 3.28. The van der Waals surface area contributed by atoms with Crippen LogP contribution in [0, 0.1) is 5.82 Å². The van der Waals surface area contributed by atoms with E-state index in [1.807, 2.05) is 0 Å². The minimum Gasteiger partial charge on any atom is -0.303 e. The molecule has 0 N–H and O–H groups in total. The van der Waals surface area contributed by atoms with Gasteiger partial charge < -0.3 is 4.79 Å². The van der Waals surface area contributed by atoms with Crippen molar-refractivity contribution in [2.24, 2.45) is 0 Å². The zero-order valence-corrected chi connectivity index (χ0v) is 6.25. The molecule has 58 valence electrons. The Morgan fingerprint density at radius 2 is 2.09 bits per heavy atom. The predicted molar refractivity (Wildman–Crippen MR) is 40.9 cm³/mol. The zero-order valence-electron chi connectivity index (χ0n) is 6.25. The first-order chi connectivity index (χ1) is 5.25. The molecule has 1 atom stereocenters. The van der Waals surface area contributed by atoms with E-state index < -0.39 is 0 Å². The Labute approximate surface area is 64.9 Å². The van der Waals surface area contributed by atoms with E-state index in [2.05, 4.69) is 0 Å². The van der Waals surface area contributed by atoms with Crippen molar-refractivity contribution < 1.29 is 9.18 Å². The van der Waals surface area contributed by atoms with Crippen molar-refractivity contribution in [2.45, 2.75) is 12.8 Å². The molecule has 0 aromatic heterocycles. The lowest BCUT2D eigenvalue weighted by Crippen LogP contribution is -1.97. The summed E-state index contributed by atoms with van der Waals surface area (Å²) >= 11 is 0. The standard InChI is InChI=1S/C9H9FO/c1-7(6-11)8-4-2-3-5-9(8)10/h2-7H,1H3/t7-/m1/s1. The van der Waals surface area contributed by atoms with E-state index in [0.717, 1.165) is 6.29 Å². The number of rotatable bonds is 2. The molecule has 0 bridgehead atoms. The van der Waals surface area contributed by atoms with Crippen LogP contribution in [-0.2, 0) is 4.79 Å². The highest BCUT2D eigenvalue weighted by atomic mass is 19.1. The topological polar surface area (TPSA) is 17.1 Å². The molecule has 0 unspecified atom stereocenters. The van der Waals surface area contributed by atoms with E-state index in [9.17, 15) is 9.18 Å². The molecule has 1 rings (SSSR count). The van der Waals surface area contributed by atoms with Crippen LogP contribution in [-0.4, -0.2) is 6.29 Å². The van der Waals surface area contributed by atoms with Crippen molar-refractivity contribution in [2.75, 3.05) is 0 Å². The molecule has 0 aliphatic rings. The fraction of sp³-hybridized carbons (Fsp3) is 0.222. The molecule has 0 spiro atoms. The summed E-state index contributed by atoms with van der Waals surface area (Å²) < 4.78 is 12.9. The lowest BCUT2D eigenvalue weighted by Gasteiger charge is -2.03. The van der Waals surface area contributed by atoms with Crippen LogP contribution in [0.2, 0.25) is 0 Å². The average molecular weight is 152 g/mol. The van der Waals surface area contributed by atoms with Gasteiger partial charge in [-0.05, 0) is 11.6 Å². The molecule has 1 aromatic rings. The van der Waals surface area contributed by atoms with Crippen LogP contribution in [0.1, 0.15) is 18.4 Å². The first-order valence-electron chi connectivity index (χ1n) is 3.45. The smallest absolute Gasteiger partial charge is 0.127 e. The number of benzene rings is 1. The maximum Gasteiger partial charge on any atom is 0.127 e. The summed E-state index contributed by atoms with van der Waals surface area (Å²) in [4.78, 5) is 10.3. The Balaban J connectivity index is 3.02. The van der Waals surface area contributed by atoms with Crippen molar-refractivity contribution in [1.82, 2.24) is 0 Å². The quantitative estimate of drug-likeness (QED) is 0.593. The van der Waals surface area contributed by atoms with Crippen molar-refractivity contribution in [3.63, 3.8) is 0 Å². The lowest BCUT2D eigenvalue weighted by atomic mass is 10.0. The van der Waals surface area contributed by atoms with Gasteiger partial charge in [-0.3, -0.25) is 0 Å². The molecular formula is C9H9FO. The maximum atomic E-state index is 12.9. The summed E-state index contributed by atoms with van der Waals surface area (Å²) in [6.45, 7) is 1.67. The number of hydrogen-bond acceptors (Lipinski definition) is 1.